The van der Waals surface area contributed by atoms with E-state index in [1.807, 2.05) is 0 Å². The second-order valence-corrected chi connectivity index (χ2v) is 4.43. The summed E-state index contributed by atoms with van der Waals surface area (Å²) in [5.74, 6) is 0.709. The van der Waals surface area contributed by atoms with Gasteiger partial charge in [-0.15, -0.1) is 0 Å². The minimum Gasteiger partial charge on any atom is -0.396 e. The molecule has 0 aromatic carbocycles. The highest BCUT2D eigenvalue weighted by Crippen LogP contribution is 2.17. The van der Waals surface area contributed by atoms with Crippen LogP contribution in [0.25, 0.3) is 0 Å². The van der Waals surface area contributed by atoms with Crippen LogP contribution in [0.1, 0.15) is 45.4 Å². The predicted octanol–water partition coefficient (Wildman–Crippen LogP) is 2.33. The zero-order chi connectivity index (χ0) is 10.9. The van der Waals surface area contributed by atoms with E-state index < -0.39 is 0 Å². The molecule has 90 valence electrons. The second-order valence-electron chi connectivity index (χ2n) is 4.43. The molecule has 0 saturated carbocycles. The molecule has 0 spiro atoms. The molecule has 0 aromatic rings. The first-order valence-corrected chi connectivity index (χ1v) is 6.17. The molecule has 1 aliphatic rings. The molecule has 0 radical (unpaired) electrons. The average Bonchev–Trinajstić information content (AvgIpc) is 2.28. The Morgan fingerprint density at radius 3 is 2.53 bits per heavy atom. The van der Waals surface area contributed by atoms with E-state index in [2.05, 4.69) is 6.92 Å². The van der Waals surface area contributed by atoms with E-state index in [-0.39, 0.29) is 6.29 Å². The molecule has 1 fully saturated rings. The molecule has 3 nitrogen and oxygen atoms in total. The number of rotatable bonds is 7. The lowest BCUT2D eigenvalue weighted by molar-refractivity contribution is -0.181. The van der Waals surface area contributed by atoms with Crippen LogP contribution in [0.4, 0.5) is 0 Å². The van der Waals surface area contributed by atoms with Crippen molar-refractivity contribution in [2.45, 2.75) is 51.7 Å². The Labute approximate surface area is 92.8 Å². The van der Waals surface area contributed by atoms with Gasteiger partial charge < -0.3 is 14.6 Å². The Morgan fingerprint density at radius 2 is 1.87 bits per heavy atom. The van der Waals surface area contributed by atoms with E-state index in [9.17, 15) is 0 Å². The minimum atomic E-state index is 0.0452. The Balaban J connectivity index is 1.94. The summed E-state index contributed by atoms with van der Waals surface area (Å²) in [7, 11) is 0. The largest absolute Gasteiger partial charge is 0.396 e. The zero-order valence-electron chi connectivity index (χ0n) is 9.78. The predicted molar refractivity (Wildman–Crippen MR) is 59.6 cm³/mol. The summed E-state index contributed by atoms with van der Waals surface area (Å²) in [6.07, 6.45) is 6.53. The van der Waals surface area contributed by atoms with Crippen LogP contribution in [0.3, 0.4) is 0 Å². The fourth-order valence-electron chi connectivity index (χ4n) is 1.92. The third kappa shape index (κ3) is 6.13. The van der Waals surface area contributed by atoms with Gasteiger partial charge in [0.05, 0.1) is 13.2 Å². The Kier molecular flexibility index (Phi) is 6.98. The zero-order valence-corrected chi connectivity index (χ0v) is 9.78. The van der Waals surface area contributed by atoms with Gasteiger partial charge in [-0.1, -0.05) is 13.3 Å². The fourth-order valence-corrected chi connectivity index (χ4v) is 1.92. The van der Waals surface area contributed by atoms with Gasteiger partial charge in [0.15, 0.2) is 6.29 Å². The maximum atomic E-state index is 8.70. The van der Waals surface area contributed by atoms with Gasteiger partial charge in [-0.05, 0) is 38.0 Å². The molecule has 1 unspecified atom stereocenters. The van der Waals surface area contributed by atoms with Gasteiger partial charge in [-0.25, -0.2) is 0 Å². The quantitative estimate of drug-likeness (QED) is 0.710. The van der Waals surface area contributed by atoms with Crippen LogP contribution in [0.15, 0.2) is 0 Å². The van der Waals surface area contributed by atoms with Crippen molar-refractivity contribution < 1.29 is 14.6 Å². The van der Waals surface area contributed by atoms with Crippen molar-refractivity contribution in [2.24, 2.45) is 5.92 Å². The van der Waals surface area contributed by atoms with Crippen molar-refractivity contribution >= 4 is 0 Å². The van der Waals surface area contributed by atoms with Gasteiger partial charge in [0, 0.05) is 6.61 Å². The monoisotopic (exact) mass is 216 g/mol. The molecule has 1 N–H and O–H groups in total. The summed E-state index contributed by atoms with van der Waals surface area (Å²) in [6, 6.07) is 0. The molecule has 1 atom stereocenters. The van der Waals surface area contributed by atoms with Gasteiger partial charge in [0.25, 0.3) is 0 Å². The number of hydrogen-bond donors (Lipinski definition) is 1. The Bertz CT molecular complexity index is 144. The minimum absolute atomic E-state index is 0.0452. The number of hydrogen-bond acceptors (Lipinski definition) is 3. The topological polar surface area (TPSA) is 38.7 Å². The first-order valence-electron chi connectivity index (χ1n) is 6.17. The molecule has 1 heterocycles. The van der Waals surface area contributed by atoms with Gasteiger partial charge >= 0.3 is 0 Å². The number of aliphatic hydroxyl groups is 1. The van der Waals surface area contributed by atoms with E-state index in [1.54, 1.807) is 0 Å². The fraction of sp³-hybridized carbons (Fsp3) is 1.00. The normalized spacial score (nSPS) is 20.4. The summed E-state index contributed by atoms with van der Waals surface area (Å²) in [4.78, 5) is 0. The van der Waals surface area contributed by atoms with Crippen molar-refractivity contribution in [2.75, 3.05) is 19.8 Å². The second kappa shape index (κ2) is 8.08. The van der Waals surface area contributed by atoms with Crippen LogP contribution in [0.5, 0.6) is 0 Å². The first kappa shape index (κ1) is 12.9. The highest BCUT2D eigenvalue weighted by atomic mass is 16.7. The molecule has 1 saturated heterocycles. The third-order valence-electron chi connectivity index (χ3n) is 2.89. The van der Waals surface area contributed by atoms with Gasteiger partial charge in [-0.3, -0.25) is 0 Å². The highest BCUT2D eigenvalue weighted by Gasteiger charge is 2.13. The SMILES string of the molecule is CC(CCCO)CCCC1OCCCO1. The summed E-state index contributed by atoms with van der Waals surface area (Å²) >= 11 is 0. The first-order chi connectivity index (χ1) is 7.33. The van der Waals surface area contributed by atoms with Crippen molar-refractivity contribution in [1.29, 1.82) is 0 Å². The van der Waals surface area contributed by atoms with Crippen LogP contribution in [-0.2, 0) is 9.47 Å². The summed E-state index contributed by atoms with van der Waals surface area (Å²) in [5, 5.41) is 8.70. The van der Waals surface area contributed by atoms with Crippen molar-refractivity contribution in [1.82, 2.24) is 0 Å². The van der Waals surface area contributed by atoms with Crippen molar-refractivity contribution in [3.05, 3.63) is 0 Å². The van der Waals surface area contributed by atoms with Crippen molar-refractivity contribution in [3.63, 3.8) is 0 Å². The molecular weight excluding hydrogens is 192 g/mol. The maximum absolute atomic E-state index is 8.70. The molecule has 1 rings (SSSR count). The molecule has 15 heavy (non-hydrogen) atoms. The van der Waals surface area contributed by atoms with Crippen LogP contribution in [0, 0.1) is 5.92 Å². The third-order valence-corrected chi connectivity index (χ3v) is 2.89. The van der Waals surface area contributed by atoms with Gasteiger partial charge in [-0.2, -0.15) is 0 Å². The Morgan fingerprint density at radius 1 is 1.20 bits per heavy atom. The van der Waals surface area contributed by atoms with E-state index in [0.29, 0.717) is 12.5 Å². The summed E-state index contributed by atoms with van der Waals surface area (Å²) in [6.45, 7) is 4.27. The lowest BCUT2D eigenvalue weighted by atomic mass is 9.99. The van der Waals surface area contributed by atoms with E-state index in [4.69, 9.17) is 14.6 Å². The lowest BCUT2D eigenvalue weighted by Gasteiger charge is -2.23. The summed E-state index contributed by atoms with van der Waals surface area (Å²) in [5.41, 5.74) is 0. The standard InChI is InChI=1S/C12H24O3/c1-11(6-3-8-13)5-2-7-12-14-9-4-10-15-12/h11-13H,2-10H2,1H3. The van der Waals surface area contributed by atoms with Crippen LogP contribution in [-0.4, -0.2) is 31.2 Å². The number of ether oxygens (including phenoxy) is 2. The van der Waals surface area contributed by atoms with Crippen LogP contribution in [0.2, 0.25) is 0 Å². The highest BCUT2D eigenvalue weighted by molar-refractivity contribution is 4.57. The van der Waals surface area contributed by atoms with Crippen LogP contribution >= 0.6 is 0 Å². The smallest absolute Gasteiger partial charge is 0.157 e. The maximum Gasteiger partial charge on any atom is 0.157 e. The molecule has 0 amide bonds. The average molecular weight is 216 g/mol. The van der Waals surface area contributed by atoms with Gasteiger partial charge in [0.2, 0.25) is 0 Å². The van der Waals surface area contributed by atoms with E-state index in [1.165, 1.54) is 6.42 Å². The number of aliphatic hydroxyl groups excluding tert-OH is 1. The molecule has 0 aliphatic carbocycles. The molecule has 3 heteroatoms. The summed E-state index contributed by atoms with van der Waals surface area (Å²) < 4.78 is 11.0. The molecule has 0 aromatic heterocycles. The molecule has 1 aliphatic heterocycles. The van der Waals surface area contributed by atoms with E-state index in [0.717, 1.165) is 45.3 Å². The Hall–Kier alpha value is -0.120. The van der Waals surface area contributed by atoms with Crippen LogP contribution < -0.4 is 0 Å². The van der Waals surface area contributed by atoms with Crippen molar-refractivity contribution in [3.8, 4) is 0 Å². The molecule has 0 bridgehead atoms. The molecular formula is C12H24O3. The van der Waals surface area contributed by atoms with E-state index >= 15 is 0 Å². The lowest BCUT2D eigenvalue weighted by Crippen LogP contribution is -2.24. The van der Waals surface area contributed by atoms with Gasteiger partial charge in [0.1, 0.15) is 0 Å².